The number of carbonyl (C=O) groups excluding carboxylic acids is 1. The maximum atomic E-state index is 17.0. The molecule has 1 aromatic carbocycles. The third-order valence-electron chi connectivity index (χ3n) is 8.57. The Balaban J connectivity index is 1.50. The van der Waals surface area contributed by atoms with Crippen molar-refractivity contribution in [1.82, 2.24) is 0 Å². The lowest BCUT2D eigenvalue weighted by Crippen LogP contribution is -2.66. The number of benzene rings is 1. The zero-order valence-electron chi connectivity index (χ0n) is 17.1. The first-order chi connectivity index (χ1) is 13.8. The van der Waals surface area contributed by atoms with Crippen molar-refractivity contribution in [2.75, 3.05) is 0 Å². The Kier molecular flexibility index (Phi) is 4.42. The Hall–Kier alpha value is -1.39. The minimum atomic E-state index is -1.70. The number of hydrogen-bond donors (Lipinski definition) is 1. The molecule has 7 atom stereocenters. The molecular formula is C25H29FO2S. The van der Waals surface area contributed by atoms with Gasteiger partial charge in [-0.05, 0) is 74.6 Å². The van der Waals surface area contributed by atoms with E-state index in [0.29, 0.717) is 11.7 Å². The van der Waals surface area contributed by atoms with Crippen LogP contribution in [0.4, 0.5) is 4.39 Å². The molecule has 0 bridgehead atoms. The van der Waals surface area contributed by atoms with Crippen molar-refractivity contribution in [3.8, 4) is 0 Å². The maximum Gasteiger partial charge on any atom is 0.178 e. The summed E-state index contributed by atoms with van der Waals surface area (Å²) < 4.78 is 17.0. The lowest BCUT2D eigenvalue weighted by atomic mass is 9.46. The molecule has 0 saturated heterocycles. The van der Waals surface area contributed by atoms with Gasteiger partial charge in [0.05, 0.1) is 6.10 Å². The van der Waals surface area contributed by atoms with Gasteiger partial charge in [0.15, 0.2) is 11.5 Å². The van der Waals surface area contributed by atoms with Crippen LogP contribution in [0.1, 0.15) is 46.0 Å². The van der Waals surface area contributed by atoms with E-state index in [9.17, 15) is 9.90 Å². The highest BCUT2D eigenvalue weighted by molar-refractivity contribution is 8.00. The molecule has 4 heteroatoms. The van der Waals surface area contributed by atoms with E-state index in [0.717, 1.165) is 31.3 Å². The number of halogens is 1. The fourth-order valence-corrected chi connectivity index (χ4v) is 8.46. The molecule has 5 rings (SSSR count). The summed E-state index contributed by atoms with van der Waals surface area (Å²) in [6.45, 7) is 4.17. The van der Waals surface area contributed by atoms with Crippen molar-refractivity contribution in [1.29, 1.82) is 0 Å². The number of aliphatic hydroxyl groups is 1. The van der Waals surface area contributed by atoms with Gasteiger partial charge in [-0.3, -0.25) is 4.79 Å². The number of ketones is 1. The number of allylic oxidation sites excluding steroid dienone is 4. The van der Waals surface area contributed by atoms with Crippen LogP contribution in [0, 0.1) is 22.7 Å². The number of fused-ring (bicyclic) bond motifs is 5. The van der Waals surface area contributed by atoms with Crippen LogP contribution >= 0.6 is 11.8 Å². The van der Waals surface area contributed by atoms with Gasteiger partial charge in [0.2, 0.25) is 0 Å². The van der Waals surface area contributed by atoms with Gasteiger partial charge in [-0.1, -0.05) is 36.8 Å². The smallest absolute Gasteiger partial charge is 0.178 e. The maximum absolute atomic E-state index is 17.0. The van der Waals surface area contributed by atoms with Gasteiger partial charge in [-0.25, -0.2) is 4.39 Å². The number of hydrogen-bond acceptors (Lipinski definition) is 3. The number of alkyl halides is 1. The van der Waals surface area contributed by atoms with E-state index in [1.165, 1.54) is 11.0 Å². The van der Waals surface area contributed by atoms with Crippen LogP contribution in [-0.4, -0.2) is 27.9 Å². The molecule has 29 heavy (non-hydrogen) atoms. The van der Waals surface area contributed by atoms with E-state index in [1.54, 1.807) is 12.2 Å². The molecule has 3 saturated carbocycles. The summed E-state index contributed by atoms with van der Waals surface area (Å²) in [7, 11) is 0. The zero-order chi connectivity index (χ0) is 20.4. The number of rotatable bonds is 2. The Morgan fingerprint density at radius 3 is 2.62 bits per heavy atom. The molecule has 3 fully saturated rings. The van der Waals surface area contributed by atoms with Crippen molar-refractivity contribution in [3.63, 3.8) is 0 Å². The average Bonchev–Trinajstić information content (AvgIpc) is 3.00. The minimum absolute atomic E-state index is 0.0603. The predicted molar refractivity (Wildman–Crippen MR) is 114 cm³/mol. The highest BCUT2D eigenvalue weighted by atomic mass is 32.2. The topological polar surface area (TPSA) is 37.3 Å². The van der Waals surface area contributed by atoms with Crippen LogP contribution in [0.5, 0.6) is 0 Å². The van der Waals surface area contributed by atoms with Crippen LogP contribution in [0.3, 0.4) is 0 Å². The van der Waals surface area contributed by atoms with Crippen molar-refractivity contribution in [2.24, 2.45) is 22.7 Å². The van der Waals surface area contributed by atoms with E-state index in [4.69, 9.17) is 0 Å². The molecule has 4 aliphatic rings. The Labute approximate surface area is 176 Å². The summed E-state index contributed by atoms with van der Waals surface area (Å²) in [5.41, 5.74) is -1.80. The van der Waals surface area contributed by atoms with E-state index < -0.39 is 17.2 Å². The van der Waals surface area contributed by atoms with E-state index >= 15 is 4.39 Å². The lowest BCUT2D eigenvalue weighted by molar-refractivity contribution is -0.188. The Morgan fingerprint density at radius 1 is 1.10 bits per heavy atom. The largest absolute Gasteiger partial charge is 0.390 e. The third-order valence-corrected chi connectivity index (χ3v) is 10.2. The molecule has 0 heterocycles. The van der Waals surface area contributed by atoms with Crippen molar-refractivity contribution < 1.29 is 14.3 Å². The summed E-state index contributed by atoms with van der Waals surface area (Å²) in [6, 6.07) is 10.4. The fraction of sp³-hybridized carbons (Fsp3) is 0.560. The first kappa shape index (κ1) is 19.6. The normalized spacial score (nSPS) is 45.9. The first-order valence-electron chi connectivity index (χ1n) is 10.8. The highest BCUT2D eigenvalue weighted by Crippen LogP contribution is 2.69. The second-order valence-electron chi connectivity index (χ2n) is 9.85. The minimum Gasteiger partial charge on any atom is -0.390 e. The quantitative estimate of drug-likeness (QED) is 0.695. The monoisotopic (exact) mass is 412 g/mol. The van der Waals surface area contributed by atoms with E-state index in [2.05, 4.69) is 31.2 Å². The molecule has 0 unspecified atom stereocenters. The molecule has 0 spiro atoms. The van der Waals surface area contributed by atoms with Crippen LogP contribution in [0.2, 0.25) is 0 Å². The number of aliphatic hydroxyl groups excluding tert-OH is 1. The molecule has 0 amide bonds. The van der Waals surface area contributed by atoms with Crippen LogP contribution < -0.4 is 0 Å². The molecule has 0 radical (unpaired) electrons. The van der Waals surface area contributed by atoms with Gasteiger partial charge < -0.3 is 5.11 Å². The van der Waals surface area contributed by atoms with E-state index in [-0.39, 0.29) is 23.0 Å². The predicted octanol–water partition coefficient (Wildman–Crippen LogP) is 5.52. The molecular weight excluding hydrogens is 383 g/mol. The fourth-order valence-electron chi connectivity index (χ4n) is 7.02. The van der Waals surface area contributed by atoms with Crippen LogP contribution in [0.15, 0.2) is 59.0 Å². The summed E-state index contributed by atoms with van der Waals surface area (Å²) in [4.78, 5) is 13.2. The molecule has 154 valence electrons. The molecule has 1 N–H and O–H groups in total. The van der Waals surface area contributed by atoms with E-state index in [1.807, 2.05) is 24.8 Å². The Bertz CT molecular complexity index is 895. The number of carbonyl (C=O) groups is 1. The van der Waals surface area contributed by atoms with Crippen LogP contribution in [-0.2, 0) is 4.79 Å². The summed E-state index contributed by atoms with van der Waals surface area (Å²) in [6.07, 6.45) is 7.87. The first-order valence-corrected chi connectivity index (χ1v) is 11.7. The summed E-state index contributed by atoms with van der Waals surface area (Å²) >= 11 is 1.89. The molecule has 1 aromatic rings. The summed E-state index contributed by atoms with van der Waals surface area (Å²) in [5, 5.41) is 11.7. The third kappa shape index (κ3) is 2.61. The van der Waals surface area contributed by atoms with Gasteiger partial charge in [-0.15, -0.1) is 11.8 Å². The lowest BCUT2D eigenvalue weighted by Gasteiger charge is -2.62. The molecule has 2 nitrogen and oxygen atoms in total. The second kappa shape index (κ2) is 6.55. The van der Waals surface area contributed by atoms with Gasteiger partial charge in [0.1, 0.15) is 0 Å². The van der Waals surface area contributed by atoms with Gasteiger partial charge in [0, 0.05) is 21.5 Å². The van der Waals surface area contributed by atoms with Crippen molar-refractivity contribution >= 4 is 17.5 Å². The Morgan fingerprint density at radius 2 is 1.86 bits per heavy atom. The van der Waals surface area contributed by atoms with Gasteiger partial charge in [0.25, 0.3) is 0 Å². The van der Waals surface area contributed by atoms with Gasteiger partial charge in [-0.2, -0.15) is 0 Å². The zero-order valence-corrected chi connectivity index (χ0v) is 17.9. The second-order valence-corrected chi connectivity index (χ2v) is 11.1. The summed E-state index contributed by atoms with van der Waals surface area (Å²) in [5.74, 6) is 0.0361. The SMILES string of the molecule is C[C@]12C[C@H](O)[C@@]3(F)[C@@H](CCC4=CC(=O)C=C[C@@]43C)[C@@H]1CC[C@H]2Sc1ccccc1. The molecule has 4 aliphatic carbocycles. The van der Waals surface area contributed by atoms with Crippen LogP contribution in [0.25, 0.3) is 0 Å². The highest BCUT2D eigenvalue weighted by Gasteiger charge is 2.70. The van der Waals surface area contributed by atoms with Gasteiger partial charge >= 0.3 is 0 Å². The van der Waals surface area contributed by atoms with Crippen molar-refractivity contribution in [2.45, 2.75) is 67.9 Å². The average molecular weight is 413 g/mol. The van der Waals surface area contributed by atoms with Crippen molar-refractivity contribution in [3.05, 3.63) is 54.1 Å². The number of thioether (sulfide) groups is 1. The molecule has 0 aliphatic heterocycles. The standard InChI is InChI=1S/C25H29FO2S/c1-23-15-21(28)25(26)20(9-8-16-14-17(27)12-13-24(16,25)2)19(23)10-11-22(23)29-18-6-4-3-5-7-18/h3-7,12-14,19-22,28H,8-11,15H2,1-2H3/t19-,20-,21-,22+,23-,24-,25-/m0/s1. The molecule has 0 aromatic heterocycles.